The molecule has 9 nitrogen and oxygen atoms in total. The molecular formula is C19H28N6O3. The summed E-state index contributed by atoms with van der Waals surface area (Å²) < 4.78 is 6.88. The number of ether oxygens (including phenoxy) is 1. The molecule has 2 aromatic rings. The molecule has 1 aliphatic heterocycles. The van der Waals surface area contributed by atoms with Crippen LogP contribution in [0.5, 0.6) is 0 Å². The zero-order valence-corrected chi connectivity index (χ0v) is 16.0. The lowest BCUT2D eigenvalue weighted by Crippen LogP contribution is -2.37. The molecule has 0 amide bonds. The van der Waals surface area contributed by atoms with Crippen LogP contribution >= 0.6 is 0 Å². The molecule has 1 saturated heterocycles. The first-order valence-corrected chi connectivity index (χ1v) is 9.66. The topological polar surface area (TPSA) is 103 Å². The molecule has 0 aliphatic carbocycles. The Kier molecular flexibility index (Phi) is 7.92. The molecule has 28 heavy (non-hydrogen) atoms. The van der Waals surface area contributed by atoms with E-state index in [1.165, 1.54) is 4.40 Å². The summed E-state index contributed by atoms with van der Waals surface area (Å²) in [5.74, 6) is 0.525. The van der Waals surface area contributed by atoms with Gasteiger partial charge in [-0.05, 0) is 12.1 Å². The zero-order valence-electron chi connectivity index (χ0n) is 16.0. The quantitative estimate of drug-likeness (QED) is 0.370. The van der Waals surface area contributed by atoms with Crippen LogP contribution in [-0.4, -0.2) is 91.2 Å². The predicted molar refractivity (Wildman–Crippen MR) is 110 cm³/mol. The molecule has 152 valence electrons. The zero-order chi connectivity index (χ0) is 19.6. The minimum atomic E-state index is -0.147. The van der Waals surface area contributed by atoms with Gasteiger partial charge in [0.25, 0.3) is 5.56 Å². The highest BCUT2D eigenvalue weighted by Crippen LogP contribution is 2.08. The first kappa shape index (κ1) is 20.4. The van der Waals surface area contributed by atoms with Crippen molar-refractivity contribution in [2.45, 2.75) is 0 Å². The van der Waals surface area contributed by atoms with Crippen molar-refractivity contribution in [3.8, 4) is 0 Å². The Morgan fingerprint density at radius 3 is 2.93 bits per heavy atom. The minimum Gasteiger partial charge on any atom is -0.395 e. The van der Waals surface area contributed by atoms with Crippen LogP contribution < -0.4 is 16.2 Å². The summed E-state index contributed by atoms with van der Waals surface area (Å²) in [6, 6.07) is 5.46. The fraction of sp³-hybridized carbons (Fsp3) is 0.526. The first-order valence-electron chi connectivity index (χ1n) is 9.66. The van der Waals surface area contributed by atoms with Gasteiger partial charge in [-0.25, -0.2) is 4.98 Å². The summed E-state index contributed by atoms with van der Waals surface area (Å²) in [4.78, 5) is 24.3. The smallest absolute Gasteiger partial charge is 0.268 e. The molecule has 0 spiro atoms. The van der Waals surface area contributed by atoms with Crippen LogP contribution in [0.15, 0.2) is 34.2 Å². The van der Waals surface area contributed by atoms with E-state index in [9.17, 15) is 4.79 Å². The SMILES string of the molecule is O=c1c(C=NCCN2CCOCC2)c(NCCNCCO)nc2ccccn12. The van der Waals surface area contributed by atoms with Crippen molar-refractivity contribution in [2.24, 2.45) is 4.99 Å². The average molecular weight is 388 g/mol. The average Bonchev–Trinajstić information content (AvgIpc) is 2.73. The highest BCUT2D eigenvalue weighted by atomic mass is 16.5. The monoisotopic (exact) mass is 388 g/mol. The highest BCUT2D eigenvalue weighted by molar-refractivity contribution is 5.86. The highest BCUT2D eigenvalue weighted by Gasteiger charge is 2.11. The van der Waals surface area contributed by atoms with Crippen LogP contribution in [0.2, 0.25) is 0 Å². The van der Waals surface area contributed by atoms with Crippen molar-refractivity contribution < 1.29 is 9.84 Å². The number of aliphatic hydroxyl groups excluding tert-OH is 1. The number of aliphatic hydroxyl groups is 1. The second-order valence-corrected chi connectivity index (χ2v) is 6.50. The third kappa shape index (κ3) is 5.59. The Hall–Kier alpha value is -2.33. The van der Waals surface area contributed by atoms with E-state index in [0.29, 0.717) is 43.2 Å². The van der Waals surface area contributed by atoms with Gasteiger partial charge in [0.1, 0.15) is 17.0 Å². The summed E-state index contributed by atoms with van der Waals surface area (Å²) in [6.07, 6.45) is 3.33. The Labute approximate surface area is 164 Å². The Bertz CT molecular complexity index is 832. The Morgan fingerprint density at radius 1 is 1.25 bits per heavy atom. The number of hydrogen-bond donors (Lipinski definition) is 3. The molecule has 1 fully saturated rings. The second-order valence-electron chi connectivity index (χ2n) is 6.50. The lowest BCUT2D eigenvalue weighted by Gasteiger charge is -2.25. The van der Waals surface area contributed by atoms with Crippen LogP contribution in [0.1, 0.15) is 5.56 Å². The first-order chi connectivity index (χ1) is 13.8. The Balaban J connectivity index is 1.71. The van der Waals surface area contributed by atoms with Crippen molar-refractivity contribution in [1.29, 1.82) is 0 Å². The molecule has 3 N–H and O–H groups in total. The van der Waals surface area contributed by atoms with Gasteiger partial charge in [-0.15, -0.1) is 0 Å². The van der Waals surface area contributed by atoms with Crippen LogP contribution in [-0.2, 0) is 4.74 Å². The van der Waals surface area contributed by atoms with E-state index in [2.05, 4.69) is 25.5 Å². The maximum atomic E-state index is 12.9. The van der Waals surface area contributed by atoms with Gasteiger partial charge in [0.2, 0.25) is 0 Å². The van der Waals surface area contributed by atoms with E-state index in [1.807, 2.05) is 6.07 Å². The van der Waals surface area contributed by atoms with E-state index in [4.69, 9.17) is 9.84 Å². The standard InChI is InChI=1S/C19H28N6O3/c26-12-7-20-4-5-22-18-16(15-21-6-9-24-10-13-28-14-11-24)19(27)25-8-2-1-3-17(25)23-18/h1-3,8,15,20,22,26H,4-7,9-14H2. The molecule has 3 rings (SSSR count). The van der Waals surface area contributed by atoms with Gasteiger partial charge in [-0.2, -0.15) is 0 Å². The number of fused-ring (bicyclic) bond motifs is 1. The van der Waals surface area contributed by atoms with Crippen molar-refractivity contribution >= 4 is 17.7 Å². The summed E-state index contributed by atoms with van der Waals surface area (Å²) >= 11 is 0. The second kappa shape index (κ2) is 10.9. The fourth-order valence-electron chi connectivity index (χ4n) is 3.01. The molecule has 0 radical (unpaired) electrons. The van der Waals surface area contributed by atoms with Gasteiger partial charge in [0.05, 0.1) is 26.4 Å². The summed E-state index contributed by atoms with van der Waals surface area (Å²) in [5.41, 5.74) is 0.892. The minimum absolute atomic E-state index is 0.0939. The number of anilines is 1. The molecule has 9 heteroatoms. The van der Waals surface area contributed by atoms with E-state index in [0.717, 1.165) is 32.8 Å². The number of rotatable bonds is 10. The van der Waals surface area contributed by atoms with Crippen LogP contribution in [0.4, 0.5) is 5.82 Å². The van der Waals surface area contributed by atoms with E-state index in [1.54, 1.807) is 24.5 Å². The van der Waals surface area contributed by atoms with Gasteiger partial charge in [-0.1, -0.05) is 6.07 Å². The molecule has 0 atom stereocenters. The van der Waals surface area contributed by atoms with Crippen molar-refractivity contribution in [3.63, 3.8) is 0 Å². The number of hydrogen-bond acceptors (Lipinski definition) is 8. The number of nitrogens with zero attached hydrogens (tertiary/aromatic N) is 4. The van der Waals surface area contributed by atoms with Crippen molar-refractivity contribution in [3.05, 3.63) is 40.3 Å². The summed E-state index contributed by atoms with van der Waals surface area (Å²) in [5, 5.41) is 15.1. The predicted octanol–water partition coefficient (Wildman–Crippen LogP) is -0.561. The van der Waals surface area contributed by atoms with Gasteiger partial charge in [0, 0.05) is 51.7 Å². The molecule has 0 saturated carbocycles. The number of nitrogens with one attached hydrogen (secondary N) is 2. The van der Waals surface area contributed by atoms with Crippen LogP contribution in [0, 0.1) is 0 Å². The fourth-order valence-corrected chi connectivity index (χ4v) is 3.01. The molecule has 0 aromatic carbocycles. The van der Waals surface area contributed by atoms with E-state index >= 15 is 0 Å². The van der Waals surface area contributed by atoms with Crippen LogP contribution in [0.3, 0.4) is 0 Å². The molecule has 2 aromatic heterocycles. The number of morpholine rings is 1. The summed E-state index contributed by atoms with van der Waals surface area (Å²) in [6.45, 7) is 6.70. The van der Waals surface area contributed by atoms with Crippen molar-refractivity contribution in [1.82, 2.24) is 19.6 Å². The maximum Gasteiger partial charge on any atom is 0.268 e. The van der Waals surface area contributed by atoms with E-state index in [-0.39, 0.29) is 12.2 Å². The van der Waals surface area contributed by atoms with Gasteiger partial charge in [0.15, 0.2) is 0 Å². The van der Waals surface area contributed by atoms with Gasteiger partial charge >= 0.3 is 0 Å². The Morgan fingerprint density at radius 2 is 2.11 bits per heavy atom. The van der Waals surface area contributed by atoms with E-state index < -0.39 is 0 Å². The molecular weight excluding hydrogens is 360 g/mol. The molecule has 3 heterocycles. The molecule has 0 bridgehead atoms. The lowest BCUT2D eigenvalue weighted by molar-refractivity contribution is 0.0395. The van der Waals surface area contributed by atoms with Gasteiger partial charge < -0.3 is 20.5 Å². The normalized spacial score (nSPS) is 15.5. The molecule has 1 aliphatic rings. The van der Waals surface area contributed by atoms with Crippen LogP contribution in [0.25, 0.3) is 5.65 Å². The molecule has 0 unspecified atom stereocenters. The summed E-state index contributed by atoms with van der Waals surface area (Å²) in [7, 11) is 0. The largest absolute Gasteiger partial charge is 0.395 e. The van der Waals surface area contributed by atoms with Crippen molar-refractivity contribution in [2.75, 3.05) is 71.0 Å². The maximum absolute atomic E-state index is 12.9. The van der Waals surface area contributed by atoms with Gasteiger partial charge in [-0.3, -0.25) is 19.1 Å². The third-order valence-corrected chi connectivity index (χ3v) is 4.52. The number of pyridine rings is 1. The number of aromatic nitrogens is 2. The number of aliphatic imine (C=N–C) groups is 1. The lowest BCUT2D eigenvalue weighted by atomic mass is 10.3. The third-order valence-electron chi connectivity index (χ3n) is 4.52.